The van der Waals surface area contributed by atoms with Gasteiger partial charge >= 0.3 is 5.97 Å². The maximum absolute atomic E-state index is 11.4. The van der Waals surface area contributed by atoms with Gasteiger partial charge in [0.25, 0.3) is 0 Å². The van der Waals surface area contributed by atoms with Gasteiger partial charge in [-0.3, -0.25) is 4.72 Å². The Morgan fingerprint density at radius 2 is 1.57 bits per heavy atom. The van der Waals surface area contributed by atoms with E-state index in [0.717, 1.165) is 28.5 Å². The van der Waals surface area contributed by atoms with E-state index in [1.54, 1.807) is 48.5 Å². The summed E-state index contributed by atoms with van der Waals surface area (Å²) in [5.41, 5.74) is 4.86. The SMILES string of the molecule is CS(=O)(=O)Nc1ccc(-c2ccc(OCc3nc(-c4ccc(Cl)cc4Cl)cn3Cc3ccc(C(=O)O)cc3)cc2)cc1. The van der Waals surface area contributed by atoms with Crippen LogP contribution < -0.4 is 9.46 Å². The summed E-state index contributed by atoms with van der Waals surface area (Å²) in [7, 11) is -3.34. The van der Waals surface area contributed by atoms with Gasteiger partial charge in [-0.15, -0.1) is 0 Å². The lowest BCUT2D eigenvalue weighted by Gasteiger charge is -2.11. The fourth-order valence-electron chi connectivity index (χ4n) is 4.32. The lowest BCUT2D eigenvalue weighted by molar-refractivity contribution is 0.0697. The second-order valence-corrected chi connectivity index (χ2v) is 12.2. The maximum atomic E-state index is 11.4. The molecule has 214 valence electrons. The van der Waals surface area contributed by atoms with Gasteiger partial charge in [-0.25, -0.2) is 18.2 Å². The zero-order valence-electron chi connectivity index (χ0n) is 22.3. The number of imidazole rings is 1. The van der Waals surface area contributed by atoms with Gasteiger partial charge in [0.15, 0.2) is 0 Å². The lowest BCUT2D eigenvalue weighted by Crippen LogP contribution is -2.09. The van der Waals surface area contributed by atoms with E-state index in [4.69, 9.17) is 32.9 Å². The number of carboxylic acid groups (broad SMARTS) is 1. The molecule has 1 aromatic heterocycles. The Morgan fingerprint density at radius 3 is 2.17 bits per heavy atom. The number of rotatable bonds is 10. The molecule has 1 heterocycles. The first-order valence-electron chi connectivity index (χ1n) is 12.7. The average molecular weight is 623 g/mol. The number of aromatic nitrogens is 2. The van der Waals surface area contributed by atoms with E-state index in [1.807, 2.05) is 53.2 Å². The Balaban J connectivity index is 1.35. The van der Waals surface area contributed by atoms with Crippen LogP contribution in [0.15, 0.2) is 97.2 Å². The van der Waals surface area contributed by atoms with E-state index < -0.39 is 16.0 Å². The highest BCUT2D eigenvalue weighted by atomic mass is 35.5. The summed E-state index contributed by atoms with van der Waals surface area (Å²) >= 11 is 12.5. The second-order valence-electron chi connectivity index (χ2n) is 9.56. The van der Waals surface area contributed by atoms with Crippen molar-refractivity contribution in [3.05, 3.63) is 124 Å². The number of anilines is 1. The van der Waals surface area contributed by atoms with Crippen LogP contribution in [0.1, 0.15) is 21.7 Å². The molecular weight excluding hydrogens is 597 g/mol. The van der Waals surface area contributed by atoms with Crippen molar-refractivity contribution in [3.8, 4) is 28.1 Å². The van der Waals surface area contributed by atoms with Crippen molar-refractivity contribution in [2.75, 3.05) is 11.0 Å². The number of carboxylic acids is 1. The molecule has 0 radical (unpaired) electrons. The molecular formula is C31H25Cl2N3O5S. The normalized spacial score (nSPS) is 11.3. The molecule has 0 atom stereocenters. The molecule has 0 fully saturated rings. The van der Waals surface area contributed by atoms with E-state index in [9.17, 15) is 18.3 Å². The largest absolute Gasteiger partial charge is 0.486 e. The minimum Gasteiger partial charge on any atom is -0.486 e. The smallest absolute Gasteiger partial charge is 0.335 e. The Bertz CT molecular complexity index is 1840. The molecule has 5 aromatic rings. The Morgan fingerprint density at radius 1 is 0.929 bits per heavy atom. The van der Waals surface area contributed by atoms with Gasteiger partial charge in [-0.05, 0) is 71.3 Å². The molecule has 4 aromatic carbocycles. The number of halogens is 2. The van der Waals surface area contributed by atoms with E-state index in [2.05, 4.69) is 4.72 Å². The highest BCUT2D eigenvalue weighted by molar-refractivity contribution is 7.92. The van der Waals surface area contributed by atoms with Crippen molar-refractivity contribution in [1.29, 1.82) is 0 Å². The summed E-state index contributed by atoms with van der Waals surface area (Å²) in [6.07, 6.45) is 2.99. The number of aromatic carboxylic acids is 1. The fraction of sp³-hybridized carbons (Fsp3) is 0.0968. The van der Waals surface area contributed by atoms with Crippen molar-refractivity contribution in [2.24, 2.45) is 0 Å². The van der Waals surface area contributed by atoms with Gasteiger partial charge in [0.05, 0.1) is 22.5 Å². The lowest BCUT2D eigenvalue weighted by atomic mass is 10.1. The van der Waals surface area contributed by atoms with E-state index in [-0.39, 0.29) is 12.2 Å². The van der Waals surface area contributed by atoms with Gasteiger partial charge < -0.3 is 14.4 Å². The quantitative estimate of drug-likeness (QED) is 0.170. The van der Waals surface area contributed by atoms with Crippen molar-refractivity contribution >= 4 is 44.9 Å². The third kappa shape index (κ3) is 7.30. The summed E-state index contributed by atoms with van der Waals surface area (Å²) in [6, 6.07) is 26.5. The summed E-state index contributed by atoms with van der Waals surface area (Å²) < 4.78 is 33.4. The van der Waals surface area contributed by atoms with Crippen molar-refractivity contribution in [1.82, 2.24) is 9.55 Å². The molecule has 0 spiro atoms. The number of carbonyl (C=O) groups is 1. The van der Waals surface area contributed by atoms with Gasteiger partial charge in [0.2, 0.25) is 10.0 Å². The van der Waals surface area contributed by atoms with Crippen LogP contribution in [-0.4, -0.2) is 35.3 Å². The van der Waals surface area contributed by atoms with E-state index in [0.29, 0.717) is 39.5 Å². The summed E-state index contributed by atoms with van der Waals surface area (Å²) in [5, 5.41) is 10.2. The number of hydrogen-bond acceptors (Lipinski definition) is 5. The Hall–Kier alpha value is -4.31. The van der Waals surface area contributed by atoms with Crippen LogP contribution in [0.3, 0.4) is 0 Å². The summed E-state index contributed by atoms with van der Waals surface area (Å²) in [6.45, 7) is 0.615. The zero-order chi connectivity index (χ0) is 29.9. The minimum absolute atomic E-state index is 0.170. The molecule has 0 bridgehead atoms. The van der Waals surface area contributed by atoms with Gasteiger partial charge in [-0.2, -0.15) is 0 Å². The standard InChI is InChI=1S/C31H25Cl2N3O5S/c1-42(39,40)35-25-11-6-21(7-12-25)22-8-13-26(14-9-22)41-19-30-34-29(27-15-10-24(32)16-28(27)33)18-36(30)17-20-2-4-23(5-3-20)31(37)38/h2-16,18,35H,17,19H2,1H3,(H,37,38). The number of benzene rings is 4. The molecule has 2 N–H and O–H groups in total. The van der Waals surface area contributed by atoms with Crippen molar-refractivity contribution in [2.45, 2.75) is 13.2 Å². The average Bonchev–Trinajstić information content (AvgIpc) is 3.34. The number of ether oxygens (including phenoxy) is 1. The Kier molecular flexibility index (Phi) is 8.54. The monoisotopic (exact) mass is 621 g/mol. The van der Waals surface area contributed by atoms with Crippen LogP contribution in [0.2, 0.25) is 10.0 Å². The van der Waals surface area contributed by atoms with Gasteiger partial charge in [-0.1, -0.05) is 59.6 Å². The third-order valence-electron chi connectivity index (χ3n) is 6.36. The topological polar surface area (TPSA) is 111 Å². The maximum Gasteiger partial charge on any atom is 0.335 e. The molecule has 0 unspecified atom stereocenters. The number of hydrogen-bond donors (Lipinski definition) is 2. The fourth-order valence-corrected chi connectivity index (χ4v) is 5.39. The molecule has 11 heteroatoms. The molecule has 5 rings (SSSR count). The molecule has 0 saturated heterocycles. The number of nitrogens with one attached hydrogen (secondary N) is 1. The molecule has 0 amide bonds. The highest BCUT2D eigenvalue weighted by Crippen LogP contribution is 2.31. The summed E-state index contributed by atoms with van der Waals surface area (Å²) in [4.78, 5) is 16.0. The first-order chi connectivity index (χ1) is 20.0. The van der Waals surface area contributed by atoms with Crippen LogP contribution >= 0.6 is 23.2 Å². The van der Waals surface area contributed by atoms with Crippen molar-refractivity contribution in [3.63, 3.8) is 0 Å². The van der Waals surface area contributed by atoms with E-state index in [1.165, 1.54) is 0 Å². The molecule has 0 aliphatic heterocycles. The Labute approximate surface area is 253 Å². The van der Waals surface area contributed by atoms with E-state index >= 15 is 0 Å². The molecule has 42 heavy (non-hydrogen) atoms. The molecule has 0 saturated carbocycles. The summed E-state index contributed by atoms with van der Waals surface area (Å²) in [5.74, 6) is 0.307. The number of sulfonamides is 1. The molecule has 8 nitrogen and oxygen atoms in total. The highest BCUT2D eigenvalue weighted by Gasteiger charge is 2.14. The molecule has 0 aliphatic carbocycles. The number of nitrogens with zero attached hydrogens (tertiary/aromatic N) is 2. The third-order valence-corrected chi connectivity index (χ3v) is 7.52. The predicted molar refractivity (Wildman–Crippen MR) is 165 cm³/mol. The minimum atomic E-state index is -3.34. The van der Waals surface area contributed by atoms with Gasteiger partial charge in [0, 0.05) is 29.0 Å². The van der Waals surface area contributed by atoms with Crippen LogP contribution in [0, 0.1) is 0 Å². The van der Waals surface area contributed by atoms with Crippen LogP contribution in [0.5, 0.6) is 5.75 Å². The first kappa shape index (κ1) is 29.2. The van der Waals surface area contributed by atoms with Crippen molar-refractivity contribution < 1.29 is 23.1 Å². The zero-order valence-corrected chi connectivity index (χ0v) is 24.6. The van der Waals surface area contributed by atoms with Crippen LogP contribution in [0.25, 0.3) is 22.4 Å². The predicted octanol–water partition coefficient (Wildman–Crippen LogP) is 7.22. The van der Waals surface area contributed by atoms with Gasteiger partial charge in [0.1, 0.15) is 18.2 Å². The molecule has 0 aliphatic rings. The van der Waals surface area contributed by atoms with Crippen LogP contribution in [-0.2, 0) is 23.2 Å². The van der Waals surface area contributed by atoms with Crippen LogP contribution in [0.4, 0.5) is 5.69 Å². The second kappa shape index (κ2) is 12.3. The first-order valence-corrected chi connectivity index (χ1v) is 15.3.